The molecule has 0 bridgehead atoms. The Hall–Kier alpha value is -4.14. The molecule has 0 spiro atoms. The predicted molar refractivity (Wildman–Crippen MR) is 137 cm³/mol. The van der Waals surface area contributed by atoms with Gasteiger partial charge in [-0.05, 0) is 64.9 Å². The van der Waals surface area contributed by atoms with E-state index in [9.17, 15) is 9.59 Å². The van der Waals surface area contributed by atoms with E-state index in [1.807, 2.05) is 71.4 Å². The van der Waals surface area contributed by atoms with E-state index in [0.717, 1.165) is 22.4 Å². The van der Waals surface area contributed by atoms with Crippen LogP contribution in [0, 0.1) is 0 Å². The SMILES string of the molecule is O=C(Nc1ccc(-c2cnc(-c3ccc(NC(=O)c4cccs4)cc3)nc2)cc1)c1cccs1. The van der Waals surface area contributed by atoms with Crippen molar-refractivity contribution < 1.29 is 9.59 Å². The summed E-state index contributed by atoms with van der Waals surface area (Å²) in [6.45, 7) is 0. The van der Waals surface area contributed by atoms with Gasteiger partial charge in [-0.15, -0.1) is 22.7 Å². The number of hydrogen-bond acceptors (Lipinski definition) is 6. The summed E-state index contributed by atoms with van der Waals surface area (Å²) in [5.41, 5.74) is 4.12. The second-order valence-electron chi connectivity index (χ2n) is 7.31. The van der Waals surface area contributed by atoms with Crippen LogP contribution in [0.5, 0.6) is 0 Å². The van der Waals surface area contributed by atoms with Crippen LogP contribution >= 0.6 is 22.7 Å². The van der Waals surface area contributed by atoms with E-state index >= 15 is 0 Å². The Kier molecular flexibility index (Phi) is 6.24. The number of anilines is 2. The van der Waals surface area contributed by atoms with Gasteiger partial charge in [0.05, 0.1) is 9.75 Å². The number of thiophene rings is 2. The molecule has 0 fully saturated rings. The zero-order chi connectivity index (χ0) is 23.3. The minimum absolute atomic E-state index is 0.118. The summed E-state index contributed by atoms with van der Waals surface area (Å²) in [5.74, 6) is 0.354. The highest BCUT2D eigenvalue weighted by Crippen LogP contribution is 2.24. The van der Waals surface area contributed by atoms with Crippen LogP contribution in [0.3, 0.4) is 0 Å². The second kappa shape index (κ2) is 9.78. The fraction of sp³-hybridized carbons (Fsp3) is 0. The third-order valence-corrected chi connectivity index (χ3v) is 6.76. The number of carbonyl (C=O) groups excluding carboxylic acids is 2. The summed E-state index contributed by atoms with van der Waals surface area (Å²) in [4.78, 5) is 34.7. The van der Waals surface area contributed by atoms with E-state index in [4.69, 9.17) is 0 Å². The van der Waals surface area contributed by atoms with Crippen molar-refractivity contribution in [2.75, 3.05) is 10.6 Å². The lowest BCUT2D eigenvalue weighted by Gasteiger charge is -2.07. The van der Waals surface area contributed by atoms with Gasteiger partial charge in [0.25, 0.3) is 11.8 Å². The summed E-state index contributed by atoms with van der Waals surface area (Å²) >= 11 is 2.81. The van der Waals surface area contributed by atoms with Crippen molar-refractivity contribution in [2.24, 2.45) is 0 Å². The highest BCUT2D eigenvalue weighted by Gasteiger charge is 2.09. The van der Waals surface area contributed by atoms with E-state index in [1.165, 1.54) is 22.7 Å². The van der Waals surface area contributed by atoms with Crippen LogP contribution in [0.2, 0.25) is 0 Å². The molecular formula is C26H18N4O2S2. The van der Waals surface area contributed by atoms with Crippen LogP contribution in [0.15, 0.2) is 96.0 Å². The quantitative estimate of drug-likeness (QED) is 0.292. The topological polar surface area (TPSA) is 84.0 Å². The Morgan fingerprint density at radius 3 is 1.50 bits per heavy atom. The van der Waals surface area contributed by atoms with E-state index < -0.39 is 0 Å². The molecule has 0 unspecified atom stereocenters. The molecule has 0 aliphatic heterocycles. The summed E-state index contributed by atoms with van der Waals surface area (Å²) in [7, 11) is 0. The minimum atomic E-state index is -0.125. The van der Waals surface area contributed by atoms with Crippen LogP contribution in [0.4, 0.5) is 11.4 Å². The summed E-state index contributed by atoms with van der Waals surface area (Å²) in [5, 5.41) is 9.52. The molecule has 5 aromatic rings. The Morgan fingerprint density at radius 1 is 0.588 bits per heavy atom. The summed E-state index contributed by atoms with van der Waals surface area (Å²) in [6.07, 6.45) is 3.54. The lowest BCUT2D eigenvalue weighted by Crippen LogP contribution is -2.09. The number of benzene rings is 2. The standard InChI is InChI=1S/C26H18N4O2S2/c31-25(22-3-1-13-33-22)29-20-9-5-17(6-10-20)19-15-27-24(28-16-19)18-7-11-21(12-8-18)30-26(32)23-4-2-14-34-23/h1-16H,(H,29,31)(H,30,32). The van der Waals surface area contributed by atoms with Crippen LogP contribution in [-0.4, -0.2) is 21.8 Å². The largest absolute Gasteiger partial charge is 0.321 e. The molecule has 166 valence electrons. The fourth-order valence-corrected chi connectivity index (χ4v) is 4.51. The first-order valence-electron chi connectivity index (χ1n) is 10.4. The average molecular weight is 483 g/mol. The third kappa shape index (κ3) is 4.93. The van der Waals surface area contributed by atoms with Crippen LogP contribution in [0.25, 0.3) is 22.5 Å². The monoisotopic (exact) mass is 482 g/mol. The van der Waals surface area contributed by atoms with Crippen LogP contribution < -0.4 is 10.6 Å². The van der Waals surface area contributed by atoms with Gasteiger partial charge in [-0.1, -0.05) is 24.3 Å². The van der Waals surface area contributed by atoms with E-state index in [-0.39, 0.29) is 11.8 Å². The van der Waals surface area contributed by atoms with Crippen LogP contribution in [-0.2, 0) is 0 Å². The molecule has 2 amide bonds. The van der Waals surface area contributed by atoms with E-state index in [1.54, 1.807) is 24.5 Å². The van der Waals surface area contributed by atoms with Gasteiger partial charge in [0.1, 0.15) is 0 Å². The third-order valence-electron chi connectivity index (χ3n) is 5.02. The molecule has 2 aromatic carbocycles. The first-order valence-corrected chi connectivity index (χ1v) is 12.1. The fourth-order valence-electron chi connectivity index (χ4n) is 3.28. The Balaban J connectivity index is 1.23. The molecule has 3 heterocycles. The van der Waals surface area contributed by atoms with Gasteiger partial charge in [-0.2, -0.15) is 0 Å². The van der Waals surface area contributed by atoms with Crippen molar-refractivity contribution in [1.29, 1.82) is 0 Å². The number of hydrogen-bond donors (Lipinski definition) is 2. The van der Waals surface area contributed by atoms with Gasteiger partial charge in [-0.25, -0.2) is 9.97 Å². The molecule has 3 aromatic heterocycles. The number of carbonyl (C=O) groups is 2. The van der Waals surface area contributed by atoms with Crippen molar-refractivity contribution in [2.45, 2.75) is 0 Å². The number of amides is 2. The normalized spacial score (nSPS) is 10.6. The average Bonchev–Trinajstić information content (AvgIpc) is 3.60. The molecule has 0 aliphatic rings. The zero-order valence-electron chi connectivity index (χ0n) is 17.8. The molecule has 0 saturated heterocycles. The Labute approximate surface area is 204 Å². The van der Waals surface area contributed by atoms with E-state index in [2.05, 4.69) is 20.6 Å². The Bertz CT molecular complexity index is 1280. The zero-order valence-corrected chi connectivity index (χ0v) is 19.4. The molecule has 5 rings (SSSR count). The van der Waals surface area contributed by atoms with Crippen molar-refractivity contribution in [3.05, 3.63) is 106 Å². The molecule has 0 radical (unpaired) electrons. The van der Waals surface area contributed by atoms with Gasteiger partial charge >= 0.3 is 0 Å². The minimum Gasteiger partial charge on any atom is -0.321 e. The smallest absolute Gasteiger partial charge is 0.265 e. The molecule has 8 heteroatoms. The first-order chi connectivity index (χ1) is 16.7. The van der Waals surface area contributed by atoms with Crippen LogP contribution in [0.1, 0.15) is 19.3 Å². The first kappa shape index (κ1) is 21.7. The maximum Gasteiger partial charge on any atom is 0.265 e. The number of rotatable bonds is 6. The van der Waals surface area contributed by atoms with Crippen molar-refractivity contribution in [1.82, 2.24) is 9.97 Å². The second-order valence-corrected chi connectivity index (χ2v) is 9.21. The van der Waals surface area contributed by atoms with E-state index in [0.29, 0.717) is 21.3 Å². The maximum absolute atomic E-state index is 12.2. The molecular weight excluding hydrogens is 464 g/mol. The molecule has 0 atom stereocenters. The maximum atomic E-state index is 12.2. The highest BCUT2D eigenvalue weighted by atomic mass is 32.1. The predicted octanol–water partition coefficient (Wildman–Crippen LogP) is 6.44. The Morgan fingerprint density at radius 2 is 1.06 bits per heavy atom. The van der Waals surface area contributed by atoms with Crippen molar-refractivity contribution >= 4 is 45.9 Å². The van der Waals surface area contributed by atoms with Gasteiger partial charge < -0.3 is 10.6 Å². The number of nitrogens with zero attached hydrogens (tertiary/aromatic N) is 2. The molecule has 0 saturated carbocycles. The summed E-state index contributed by atoms with van der Waals surface area (Å²) < 4.78 is 0. The van der Waals surface area contributed by atoms with Gasteiger partial charge in [0, 0.05) is 34.9 Å². The van der Waals surface area contributed by atoms with Crippen molar-refractivity contribution in [3.8, 4) is 22.5 Å². The molecule has 2 N–H and O–H groups in total. The van der Waals surface area contributed by atoms with Gasteiger partial charge in [0.15, 0.2) is 5.82 Å². The molecule has 0 aliphatic carbocycles. The lowest BCUT2D eigenvalue weighted by molar-refractivity contribution is 0.102. The van der Waals surface area contributed by atoms with Gasteiger partial charge in [0.2, 0.25) is 0 Å². The summed E-state index contributed by atoms with van der Waals surface area (Å²) in [6, 6.07) is 22.3. The molecule has 34 heavy (non-hydrogen) atoms. The number of nitrogens with one attached hydrogen (secondary N) is 2. The number of aromatic nitrogens is 2. The van der Waals surface area contributed by atoms with Crippen molar-refractivity contribution in [3.63, 3.8) is 0 Å². The highest BCUT2D eigenvalue weighted by molar-refractivity contribution is 7.12. The lowest BCUT2D eigenvalue weighted by atomic mass is 10.1. The van der Waals surface area contributed by atoms with Gasteiger partial charge in [-0.3, -0.25) is 9.59 Å². The molecule has 6 nitrogen and oxygen atoms in total.